The molecule has 0 unspecified atom stereocenters. The van der Waals surface area contributed by atoms with Crippen molar-refractivity contribution in [2.75, 3.05) is 0 Å². The van der Waals surface area contributed by atoms with Crippen LogP contribution in [-0.2, 0) is 12.8 Å². The molecule has 0 amide bonds. The van der Waals surface area contributed by atoms with Crippen LogP contribution in [0.1, 0.15) is 11.3 Å². The van der Waals surface area contributed by atoms with E-state index in [9.17, 15) is 0 Å². The van der Waals surface area contributed by atoms with Crippen LogP contribution < -0.4 is 0 Å². The Hall–Kier alpha value is -1.24. The number of aromatic amines is 1. The lowest BCUT2D eigenvalue weighted by atomic mass is 10.2. The minimum absolute atomic E-state index is 0.914. The fraction of sp³-hybridized carbons (Fsp3) is 0.200. The van der Waals surface area contributed by atoms with Crippen molar-refractivity contribution in [3.63, 3.8) is 0 Å². The largest absolute Gasteiger partial charge is 0.364 e. The molecule has 0 fully saturated rings. The normalized spacial score (nSPS) is 9.45. The van der Waals surface area contributed by atoms with Crippen molar-refractivity contribution >= 4 is 0 Å². The van der Waals surface area contributed by atoms with Gasteiger partial charge in [0.15, 0.2) is 0 Å². The summed E-state index contributed by atoms with van der Waals surface area (Å²) in [5.74, 6) is 0. The third kappa shape index (κ3) is 2.11. The molecule has 0 aromatic carbocycles. The third-order valence-corrected chi connectivity index (χ3v) is 1.55. The van der Waals surface area contributed by atoms with Crippen LogP contribution in [0.2, 0.25) is 0 Å². The highest BCUT2D eigenvalue weighted by Crippen LogP contribution is 2.05. The van der Waals surface area contributed by atoms with Crippen molar-refractivity contribution in [1.29, 1.82) is 0 Å². The monoisotopic (exact) mass is 147 g/mol. The smallest absolute Gasteiger partial charge is 0.0188 e. The Morgan fingerprint density at radius 3 is 2.64 bits per heavy atom. The van der Waals surface area contributed by atoms with Gasteiger partial charge in [0.25, 0.3) is 0 Å². The molecule has 58 valence electrons. The minimum atomic E-state index is 0.914. The molecule has 0 atom stereocenters. The lowest BCUT2D eigenvalue weighted by molar-refractivity contribution is 1.16. The average Bonchev–Trinajstić information content (AvgIpc) is 2.38. The van der Waals surface area contributed by atoms with E-state index in [1.807, 2.05) is 18.3 Å². The van der Waals surface area contributed by atoms with Crippen LogP contribution in [0, 0.1) is 0 Å². The number of hydrogen-bond donors (Lipinski definition) is 1. The van der Waals surface area contributed by atoms with E-state index in [1.54, 1.807) is 0 Å². The van der Waals surface area contributed by atoms with Gasteiger partial charge in [0.1, 0.15) is 0 Å². The number of nitrogens with one attached hydrogen (secondary N) is 1. The number of rotatable bonds is 4. The Labute approximate surface area is 67.5 Å². The van der Waals surface area contributed by atoms with Crippen LogP contribution in [0.4, 0.5) is 0 Å². The third-order valence-electron chi connectivity index (χ3n) is 1.55. The standard InChI is InChI=1S/C10H13N/c1-3-5-9-7-10(6-4-2)11-8-9/h3-4,7-8,11H,1-2,5-6H2. The summed E-state index contributed by atoms with van der Waals surface area (Å²) in [6, 6.07) is 2.14. The lowest BCUT2D eigenvalue weighted by Gasteiger charge is -1.86. The van der Waals surface area contributed by atoms with Gasteiger partial charge in [-0.2, -0.15) is 0 Å². The van der Waals surface area contributed by atoms with E-state index in [4.69, 9.17) is 0 Å². The molecule has 1 heteroatoms. The Kier molecular flexibility index (Phi) is 2.73. The molecule has 0 saturated heterocycles. The second-order valence-electron chi connectivity index (χ2n) is 2.52. The molecule has 1 aromatic rings. The number of aromatic nitrogens is 1. The Morgan fingerprint density at radius 2 is 2.00 bits per heavy atom. The SMILES string of the molecule is C=CCc1c[nH]c(CC=C)c1. The van der Waals surface area contributed by atoms with Crippen LogP contribution in [0.25, 0.3) is 0 Å². The topological polar surface area (TPSA) is 15.8 Å². The van der Waals surface area contributed by atoms with Crippen LogP contribution in [0.15, 0.2) is 37.6 Å². The fourth-order valence-electron chi connectivity index (χ4n) is 1.05. The summed E-state index contributed by atoms with van der Waals surface area (Å²) in [4.78, 5) is 3.17. The van der Waals surface area contributed by atoms with E-state index < -0.39 is 0 Å². The van der Waals surface area contributed by atoms with Gasteiger partial charge in [-0.3, -0.25) is 0 Å². The van der Waals surface area contributed by atoms with E-state index >= 15 is 0 Å². The Bertz CT molecular complexity index is 221. The predicted octanol–water partition coefficient (Wildman–Crippen LogP) is 2.47. The molecule has 1 nitrogen and oxygen atoms in total. The number of allylic oxidation sites excluding steroid dienone is 2. The van der Waals surface area contributed by atoms with Crippen molar-refractivity contribution in [1.82, 2.24) is 4.98 Å². The van der Waals surface area contributed by atoms with Crippen molar-refractivity contribution in [3.05, 3.63) is 48.8 Å². The van der Waals surface area contributed by atoms with Crippen LogP contribution in [0.3, 0.4) is 0 Å². The van der Waals surface area contributed by atoms with Gasteiger partial charge in [-0.05, 0) is 18.1 Å². The zero-order chi connectivity index (χ0) is 8.10. The second-order valence-corrected chi connectivity index (χ2v) is 2.52. The van der Waals surface area contributed by atoms with Crippen LogP contribution >= 0.6 is 0 Å². The molecule has 0 spiro atoms. The molecule has 1 aromatic heterocycles. The molecule has 0 aliphatic carbocycles. The molecular weight excluding hydrogens is 134 g/mol. The molecule has 1 heterocycles. The highest BCUT2D eigenvalue weighted by Gasteiger charge is 1.93. The lowest BCUT2D eigenvalue weighted by Crippen LogP contribution is -1.76. The van der Waals surface area contributed by atoms with E-state index in [1.165, 1.54) is 11.3 Å². The molecule has 1 N–H and O–H groups in total. The average molecular weight is 147 g/mol. The van der Waals surface area contributed by atoms with Crippen molar-refractivity contribution < 1.29 is 0 Å². The summed E-state index contributed by atoms with van der Waals surface area (Å²) in [5, 5.41) is 0. The van der Waals surface area contributed by atoms with E-state index in [0.717, 1.165) is 12.8 Å². The first-order valence-corrected chi connectivity index (χ1v) is 3.74. The summed E-state index contributed by atoms with van der Waals surface area (Å²) >= 11 is 0. The molecule has 0 aliphatic rings. The highest BCUT2D eigenvalue weighted by atomic mass is 14.7. The Balaban J connectivity index is 2.64. The molecule has 0 aliphatic heterocycles. The highest BCUT2D eigenvalue weighted by molar-refractivity contribution is 5.20. The Morgan fingerprint density at radius 1 is 1.27 bits per heavy atom. The second kappa shape index (κ2) is 3.81. The van der Waals surface area contributed by atoms with Crippen molar-refractivity contribution in [2.24, 2.45) is 0 Å². The molecule has 11 heavy (non-hydrogen) atoms. The minimum Gasteiger partial charge on any atom is -0.364 e. The summed E-state index contributed by atoms with van der Waals surface area (Å²) in [6.07, 6.45) is 7.66. The van der Waals surface area contributed by atoms with Gasteiger partial charge >= 0.3 is 0 Å². The van der Waals surface area contributed by atoms with Gasteiger partial charge in [-0.25, -0.2) is 0 Å². The van der Waals surface area contributed by atoms with Crippen molar-refractivity contribution in [3.8, 4) is 0 Å². The van der Waals surface area contributed by atoms with Crippen LogP contribution in [0.5, 0.6) is 0 Å². The van der Waals surface area contributed by atoms with Gasteiger partial charge in [-0.15, -0.1) is 13.2 Å². The maximum atomic E-state index is 3.68. The molecular formula is C10H13N. The summed E-state index contributed by atoms with van der Waals surface area (Å²) in [7, 11) is 0. The van der Waals surface area contributed by atoms with Gasteiger partial charge in [0.05, 0.1) is 0 Å². The summed E-state index contributed by atoms with van der Waals surface area (Å²) in [6.45, 7) is 7.35. The number of hydrogen-bond acceptors (Lipinski definition) is 0. The van der Waals surface area contributed by atoms with Gasteiger partial charge in [0, 0.05) is 18.3 Å². The van der Waals surface area contributed by atoms with Gasteiger partial charge in [-0.1, -0.05) is 12.2 Å². The molecule has 1 rings (SSSR count). The number of H-pyrrole nitrogens is 1. The van der Waals surface area contributed by atoms with E-state index in [0.29, 0.717) is 0 Å². The maximum absolute atomic E-state index is 3.68. The zero-order valence-electron chi connectivity index (χ0n) is 6.64. The van der Waals surface area contributed by atoms with E-state index in [-0.39, 0.29) is 0 Å². The van der Waals surface area contributed by atoms with Gasteiger partial charge < -0.3 is 4.98 Å². The first-order chi connectivity index (χ1) is 5.36. The van der Waals surface area contributed by atoms with Gasteiger partial charge in [0.2, 0.25) is 0 Å². The summed E-state index contributed by atoms with van der Waals surface area (Å²) in [5.41, 5.74) is 2.51. The summed E-state index contributed by atoms with van der Waals surface area (Å²) < 4.78 is 0. The molecule has 0 saturated carbocycles. The predicted molar refractivity (Wildman–Crippen MR) is 48.6 cm³/mol. The molecule has 0 bridgehead atoms. The zero-order valence-corrected chi connectivity index (χ0v) is 6.64. The molecule has 0 radical (unpaired) electrons. The fourth-order valence-corrected chi connectivity index (χ4v) is 1.05. The quantitative estimate of drug-likeness (QED) is 0.630. The maximum Gasteiger partial charge on any atom is 0.0188 e. The van der Waals surface area contributed by atoms with Crippen LogP contribution in [-0.4, -0.2) is 4.98 Å². The van der Waals surface area contributed by atoms with E-state index in [2.05, 4.69) is 24.2 Å². The van der Waals surface area contributed by atoms with Crippen molar-refractivity contribution in [2.45, 2.75) is 12.8 Å². The first kappa shape index (κ1) is 7.86. The first-order valence-electron chi connectivity index (χ1n) is 3.74.